The number of sulfonamides is 1. The molecule has 0 aromatic carbocycles. The molecule has 0 saturated heterocycles. The number of thiophene rings is 1. The SMILES string of the molecule is CCCNCc1csc(S(=O)(=O)Nc2c(C)n[nH]c2C)c1. The van der Waals surface area contributed by atoms with E-state index in [2.05, 4.69) is 27.2 Å². The van der Waals surface area contributed by atoms with Gasteiger partial charge in [-0.05, 0) is 43.8 Å². The van der Waals surface area contributed by atoms with Gasteiger partial charge in [-0.1, -0.05) is 6.92 Å². The van der Waals surface area contributed by atoms with Gasteiger partial charge in [0.15, 0.2) is 0 Å². The maximum Gasteiger partial charge on any atom is 0.271 e. The molecule has 6 nitrogen and oxygen atoms in total. The van der Waals surface area contributed by atoms with E-state index >= 15 is 0 Å². The summed E-state index contributed by atoms with van der Waals surface area (Å²) < 4.78 is 27.7. The van der Waals surface area contributed by atoms with Gasteiger partial charge < -0.3 is 5.32 Å². The molecular formula is C13H20N4O2S2. The van der Waals surface area contributed by atoms with Crippen LogP contribution in [-0.2, 0) is 16.6 Å². The Labute approximate surface area is 129 Å². The number of H-pyrrole nitrogens is 1. The van der Waals surface area contributed by atoms with E-state index in [1.807, 2.05) is 5.38 Å². The number of nitrogens with zero attached hydrogens (tertiary/aromatic N) is 1. The number of aromatic amines is 1. The zero-order valence-electron chi connectivity index (χ0n) is 12.4. The molecular weight excluding hydrogens is 308 g/mol. The van der Waals surface area contributed by atoms with Gasteiger partial charge in [0.1, 0.15) is 4.21 Å². The van der Waals surface area contributed by atoms with Crippen molar-refractivity contribution >= 4 is 27.0 Å². The lowest BCUT2D eigenvalue weighted by Crippen LogP contribution is -2.14. The molecule has 2 aromatic heterocycles. The van der Waals surface area contributed by atoms with Crippen LogP contribution in [-0.4, -0.2) is 25.2 Å². The van der Waals surface area contributed by atoms with E-state index in [-0.39, 0.29) is 0 Å². The Balaban J connectivity index is 2.13. The Morgan fingerprint density at radius 1 is 1.38 bits per heavy atom. The first kappa shape index (κ1) is 16.0. The highest BCUT2D eigenvalue weighted by atomic mass is 32.2. The van der Waals surface area contributed by atoms with Crippen molar-refractivity contribution in [3.63, 3.8) is 0 Å². The fraction of sp³-hybridized carbons (Fsp3) is 0.462. The number of hydrogen-bond donors (Lipinski definition) is 3. The summed E-state index contributed by atoms with van der Waals surface area (Å²) in [4.78, 5) is 0. The lowest BCUT2D eigenvalue weighted by molar-refractivity contribution is 0.603. The van der Waals surface area contributed by atoms with Gasteiger partial charge in [-0.15, -0.1) is 11.3 Å². The summed E-state index contributed by atoms with van der Waals surface area (Å²) in [6, 6.07) is 1.71. The first-order valence-electron chi connectivity index (χ1n) is 6.76. The highest BCUT2D eigenvalue weighted by molar-refractivity contribution is 7.94. The van der Waals surface area contributed by atoms with Crippen LogP contribution in [0.15, 0.2) is 15.7 Å². The van der Waals surface area contributed by atoms with E-state index in [9.17, 15) is 8.42 Å². The smallest absolute Gasteiger partial charge is 0.271 e. The van der Waals surface area contributed by atoms with Gasteiger partial charge in [0, 0.05) is 6.54 Å². The number of rotatable bonds is 7. The van der Waals surface area contributed by atoms with Gasteiger partial charge in [-0.3, -0.25) is 9.82 Å². The third-order valence-electron chi connectivity index (χ3n) is 3.02. The van der Waals surface area contributed by atoms with Crippen LogP contribution in [0.3, 0.4) is 0 Å². The van der Waals surface area contributed by atoms with Gasteiger partial charge in [-0.2, -0.15) is 5.10 Å². The van der Waals surface area contributed by atoms with Gasteiger partial charge in [0.2, 0.25) is 0 Å². The van der Waals surface area contributed by atoms with Crippen LogP contribution in [0.1, 0.15) is 30.3 Å². The molecule has 2 rings (SSSR count). The van der Waals surface area contributed by atoms with Crippen molar-refractivity contribution in [3.8, 4) is 0 Å². The highest BCUT2D eigenvalue weighted by Crippen LogP contribution is 2.25. The Hall–Kier alpha value is -1.38. The molecule has 116 valence electrons. The molecule has 21 heavy (non-hydrogen) atoms. The molecule has 0 radical (unpaired) electrons. The lowest BCUT2D eigenvalue weighted by atomic mass is 10.3. The number of nitrogens with one attached hydrogen (secondary N) is 3. The molecule has 0 atom stereocenters. The summed E-state index contributed by atoms with van der Waals surface area (Å²) in [5.41, 5.74) is 2.85. The van der Waals surface area contributed by atoms with E-state index in [1.54, 1.807) is 19.9 Å². The normalized spacial score (nSPS) is 11.8. The van der Waals surface area contributed by atoms with E-state index in [1.165, 1.54) is 11.3 Å². The average molecular weight is 328 g/mol. The van der Waals surface area contributed by atoms with Crippen molar-refractivity contribution in [1.82, 2.24) is 15.5 Å². The van der Waals surface area contributed by atoms with Crippen LogP contribution in [0.25, 0.3) is 0 Å². The minimum Gasteiger partial charge on any atom is -0.313 e. The second-order valence-corrected chi connectivity index (χ2v) is 7.69. The first-order chi connectivity index (χ1) is 9.94. The maximum absolute atomic E-state index is 12.4. The van der Waals surface area contributed by atoms with Crippen molar-refractivity contribution in [2.75, 3.05) is 11.3 Å². The van der Waals surface area contributed by atoms with Crippen molar-refractivity contribution in [2.24, 2.45) is 0 Å². The van der Waals surface area contributed by atoms with Gasteiger partial charge >= 0.3 is 0 Å². The Kier molecular flexibility index (Phi) is 5.02. The third kappa shape index (κ3) is 3.84. The summed E-state index contributed by atoms with van der Waals surface area (Å²) in [6.07, 6.45) is 1.05. The fourth-order valence-electron chi connectivity index (χ4n) is 1.88. The van der Waals surface area contributed by atoms with Crippen LogP contribution in [0, 0.1) is 13.8 Å². The molecule has 0 amide bonds. The van der Waals surface area contributed by atoms with Crippen LogP contribution in [0.5, 0.6) is 0 Å². The van der Waals surface area contributed by atoms with E-state index in [0.717, 1.165) is 18.5 Å². The van der Waals surface area contributed by atoms with Crippen molar-refractivity contribution in [2.45, 2.75) is 37.9 Å². The minimum absolute atomic E-state index is 0.316. The van der Waals surface area contributed by atoms with Gasteiger partial charge in [0.25, 0.3) is 10.0 Å². The fourth-order valence-corrected chi connectivity index (χ4v) is 4.27. The second kappa shape index (κ2) is 6.59. The molecule has 0 fully saturated rings. The minimum atomic E-state index is -3.56. The van der Waals surface area contributed by atoms with E-state index < -0.39 is 10.0 Å². The Morgan fingerprint density at radius 3 is 2.76 bits per heavy atom. The predicted octanol–water partition coefficient (Wildman–Crippen LogP) is 2.39. The Bertz CT molecular complexity index is 684. The molecule has 2 heterocycles. The molecule has 3 N–H and O–H groups in total. The second-order valence-electron chi connectivity index (χ2n) is 4.87. The number of hydrogen-bond acceptors (Lipinski definition) is 5. The molecule has 0 aliphatic heterocycles. The number of aromatic nitrogens is 2. The van der Waals surface area contributed by atoms with Crippen LogP contribution >= 0.6 is 11.3 Å². The zero-order chi connectivity index (χ0) is 15.5. The number of anilines is 1. The van der Waals surface area contributed by atoms with E-state index in [4.69, 9.17) is 0 Å². The molecule has 0 aliphatic rings. The topological polar surface area (TPSA) is 86.9 Å². The molecule has 8 heteroatoms. The monoisotopic (exact) mass is 328 g/mol. The summed E-state index contributed by atoms with van der Waals surface area (Å²) >= 11 is 1.23. The zero-order valence-corrected chi connectivity index (χ0v) is 14.0. The van der Waals surface area contributed by atoms with Gasteiger partial charge in [0.05, 0.1) is 17.1 Å². The van der Waals surface area contributed by atoms with Crippen molar-refractivity contribution < 1.29 is 8.42 Å². The quantitative estimate of drug-likeness (QED) is 0.681. The van der Waals surface area contributed by atoms with Crippen LogP contribution in [0.2, 0.25) is 0 Å². The predicted molar refractivity (Wildman–Crippen MR) is 85.2 cm³/mol. The third-order valence-corrected chi connectivity index (χ3v) is 5.85. The highest BCUT2D eigenvalue weighted by Gasteiger charge is 2.20. The molecule has 0 unspecified atom stereocenters. The largest absolute Gasteiger partial charge is 0.313 e. The maximum atomic E-state index is 12.4. The van der Waals surface area contributed by atoms with Crippen molar-refractivity contribution in [3.05, 3.63) is 28.4 Å². The molecule has 0 aliphatic carbocycles. The molecule has 2 aromatic rings. The average Bonchev–Trinajstić information content (AvgIpc) is 3.02. The molecule has 0 saturated carbocycles. The van der Waals surface area contributed by atoms with Crippen molar-refractivity contribution in [1.29, 1.82) is 0 Å². The summed E-state index contributed by atoms with van der Waals surface area (Å²) in [5, 5.41) is 11.9. The van der Waals surface area contributed by atoms with Crippen LogP contribution < -0.4 is 10.0 Å². The van der Waals surface area contributed by atoms with Gasteiger partial charge in [-0.25, -0.2) is 8.42 Å². The number of aryl methyl sites for hydroxylation is 2. The van der Waals surface area contributed by atoms with E-state index in [0.29, 0.717) is 27.8 Å². The summed E-state index contributed by atoms with van der Waals surface area (Å²) in [6.45, 7) is 7.24. The summed E-state index contributed by atoms with van der Waals surface area (Å²) in [7, 11) is -3.56. The summed E-state index contributed by atoms with van der Waals surface area (Å²) in [5.74, 6) is 0. The Morgan fingerprint density at radius 2 is 2.14 bits per heavy atom. The molecule has 0 bridgehead atoms. The van der Waals surface area contributed by atoms with Crippen LogP contribution in [0.4, 0.5) is 5.69 Å². The standard InChI is InChI=1S/C13H20N4O2S2/c1-4-5-14-7-11-6-12(20-8-11)21(18,19)17-13-9(2)15-16-10(13)3/h6,8,14,17H,4-5,7H2,1-3H3,(H,15,16). The first-order valence-corrected chi connectivity index (χ1v) is 9.13. The molecule has 0 spiro atoms. The lowest BCUT2D eigenvalue weighted by Gasteiger charge is -2.06.